The van der Waals surface area contributed by atoms with Gasteiger partial charge in [0.25, 0.3) is 0 Å². The van der Waals surface area contributed by atoms with Gasteiger partial charge in [0.15, 0.2) is 0 Å². The normalized spacial score (nSPS) is 21.4. The van der Waals surface area contributed by atoms with Crippen LogP contribution in [0.5, 0.6) is 0 Å². The van der Waals surface area contributed by atoms with Crippen molar-refractivity contribution < 1.29 is 23.5 Å². The Morgan fingerprint density at radius 1 is 1.38 bits per heavy atom. The molecule has 1 aliphatic rings. The van der Waals surface area contributed by atoms with E-state index in [2.05, 4.69) is 21.2 Å². The quantitative estimate of drug-likeness (QED) is 0.793. The minimum absolute atomic E-state index is 0.0606. The number of hydrogen-bond donors (Lipinski definition) is 2. The van der Waals surface area contributed by atoms with Crippen LogP contribution >= 0.6 is 15.9 Å². The van der Waals surface area contributed by atoms with Crippen LogP contribution in [0.2, 0.25) is 0 Å². The number of urea groups is 1. The second kappa shape index (κ2) is 5.59. The van der Waals surface area contributed by atoms with E-state index in [0.29, 0.717) is 12.8 Å². The van der Waals surface area contributed by atoms with E-state index < -0.39 is 29.2 Å². The van der Waals surface area contributed by atoms with Crippen LogP contribution in [0.1, 0.15) is 19.8 Å². The number of anilines is 1. The molecule has 0 radical (unpaired) electrons. The first-order chi connectivity index (χ1) is 9.75. The largest absolute Gasteiger partial charge is 0.480 e. The van der Waals surface area contributed by atoms with E-state index in [1.807, 2.05) is 0 Å². The number of benzene rings is 1. The van der Waals surface area contributed by atoms with E-state index in [1.54, 1.807) is 0 Å². The molecule has 1 atom stereocenters. The molecule has 0 saturated carbocycles. The van der Waals surface area contributed by atoms with Crippen molar-refractivity contribution in [1.29, 1.82) is 0 Å². The fraction of sp³-hybridized carbons (Fsp3) is 0.385. The summed E-state index contributed by atoms with van der Waals surface area (Å²) < 4.78 is 27.0. The minimum atomic E-state index is -1.34. The summed E-state index contributed by atoms with van der Waals surface area (Å²) in [5.41, 5.74) is -1.67. The Hall–Kier alpha value is -1.70. The number of nitrogens with zero attached hydrogens (tertiary/aromatic N) is 1. The third-order valence-corrected chi connectivity index (χ3v) is 4.21. The van der Waals surface area contributed by atoms with Gasteiger partial charge < -0.3 is 15.3 Å². The van der Waals surface area contributed by atoms with Gasteiger partial charge in [0.1, 0.15) is 17.2 Å². The number of nitrogens with one attached hydrogen (secondary N) is 1. The molecule has 1 aromatic carbocycles. The summed E-state index contributed by atoms with van der Waals surface area (Å²) in [6, 6.07) is 0.967. The third kappa shape index (κ3) is 2.85. The van der Waals surface area contributed by atoms with Crippen LogP contribution in [0, 0.1) is 11.6 Å². The maximum absolute atomic E-state index is 13.7. The number of halogens is 3. The van der Waals surface area contributed by atoms with Gasteiger partial charge in [0.2, 0.25) is 0 Å². The topological polar surface area (TPSA) is 69.6 Å². The number of likely N-dealkylation sites (tertiary alicyclic amines) is 1. The molecule has 0 spiro atoms. The molecule has 1 aliphatic heterocycles. The Morgan fingerprint density at radius 3 is 2.67 bits per heavy atom. The molecule has 1 saturated heterocycles. The molecule has 5 nitrogen and oxygen atoms in total. The summed E-state index contributed by atoms with van der Waals surface area (Å²) in [7, 11) is 0. The molecule has 21 heavy (non-hydrogen) atoms. The van der Waals surface area contributed by atoms with E-state index in [9.17, 15) is 23.5 Å². The first-order valence-electron chi connectivity index (χ1n) is 6.22. The number of carbonyl (C=O) groups excluding carboxylic acids is 1. The molecule has 2 amide bonds. The zero-order chi connectivity index (χ0) is 15.8. The highest BCUT2D eigenvalue weighted by molar-refractivity contribution is 9.10. The zero-order valence-electron chi connectivity index (χ0n) is 11.1. The fourth-order valence-corrected chi connectivity index (χ4v) is 2.63. The molecule has 0 aliphatic carbocycles. The molecule has 2 N–H and O–H groups in total. The minimum Gasteiger partial charge on any atom is -0.480 e. The second-order valence-corrected chi connectivity index (χ2v) is 5.86. The Labute approximate surface area is 128 Å². The lowest BCUT2D eigenvalue weighted by molar-refractivity contribution is -0.146. The number of rotatable bonds is 2. The molecular formula is C13H13BrF2N2O3. The standard InChI is InChI=1S/C13H13BrF2N2O3/c1-13(11(19)20)3-2-4-18(13)12(21)17-10-6-8(15)7(14)5-9(10)16/h5-6H,2-4H2,1H3,(H,17,21)(H,19,20). The van der Waals surface area contributed by atoms with Gasteiger partial charge in [0.05, 0.1) is 10.2 Å². The fourth-order valence-electron chi connectivity index (χ4n) is 2.31. The number of amides is 2. The molecule has 0 bridgehead atoms. The van der Waals surface area contributed by atoms with Crippen molar-refractivity contribution in [3.63, 3.8) is 0 Å². The second-order valence-electron chi connectivity index (χ2n) is 5.01. The molecular weight excluding hydrogens is 350 g/mol. The summed E-state index contributed by atoms with van der Waals surface area (Å²) in [6.07, 6.45) is 0.848. The van der Waals surface area contributed by atoms with E-state index >= 15 is 0 Å². The highest BCUT2D eigenvalue weighted by Crippen LogP contribution is 2.30. The maximum atomic E-state index is 13.7. The van der Waals surface area contributed by atoms with Crippen molar-refractivity contribution >= 4 is 33.6 Å². The lowest BCUT2D eigenvalue weighted by Crippen LogP contribution is -2.52. The summed E-state index contributed by atoms with van der Waals surface area (Å²) in [5.74, 6) is -2.67. The van der Waals surface area contributed by atoms with Gasteiger partial charge in [0, 0.05) is 12.6 Å². The lowest BCUT2D eigenvalue weighted by atomic mass is 10.00. The van der Waals surface area contributed by atoms with Gasteiger partial charge in [-0.15, -0.1) is 0 Å². The van der Waals surface area contributed by atoms with Crippen LogP contribution in [0.25, 0.3) is 0 Å². The average Bonchev–Trinajstić information content (AvgIpc) is 2.79. The summed E-state index contributed by atoms with van der Waals surface area (Å²) in [4.78, 5) is 24.5. The number of carbonyl (C=O) groups is 2. The SMILES string of the molecule is CC1(C(=O)O)CCCN1C(=O)Nc1cc(F)c(Br)cc1F. The first-order valence-corrected chi connectivity index (χ1v) is 7.01. The molecule has 114 valence electrons. The van der Waals surface area contributed by atoms with Crippen molar-refractivity contribution in [2.24, 2.45) is 0 Å². The Bertz CT molecular complexity index is 611. The van der Waals surface area contributed by atoms with Crippen LogP contribution in [0.15, 0.2) is 16.6 Å². The molecule has 8 heteroatoms. The maximum Gasteiger partial charge on any atom is 0.329 e. The monoisotopic (exact) mass is 362 g/mol. The Kier molecular flexibility index (Phi) is 4.18. The number of aliphatic carboxylic acids is 1. The van der Waals surface area contributed by atoms with Crippen LogP contribution in [-0.2, 0) is 4.79 Å². The highest BCUT2D eigenvalue weighted by Gasteiger charge is 2.46. The molecule has 1 aromatic rings. The molecule has 1 unspecified atom stereocenters. The van der Waals surface area contributed by atoms with Gasteiger partial charge in [-0.05, 0) is 41.8 Å². The van der Waals surface area contributed by atoms with Crippen LogP contribution < -0.4 is 5.32 Å². The molecule has 0 aromatic heterocycles. The van der Waals surface area contributed by atoms with Gasteiger partial charge in [-0.3, -0.25) is 0 Å². The van der Waals surface area contributed by atoms with Crippen LogP contribution in [-0.4, -0.2) is 34.1 Å². The van der Waals surface area contributed by atoms with Gasteiger partial charge in [-0.25, -0.2) is 18.4 Å². The average molecular weight is 363 g/mol. The number of carboxylic acid groups (broad SMARTS) is 1. The van der Waals surface area contributed by atoms with Gasteiger partial charge >= 0.3 is 12.0 Å². The van der Waals surface area contributed by atoms with Crippen LogP contribution in [0.3, 0.4) is 0 Å². The van der Waals surface area contributed by atoms with E-state index in [-0.39, 0.29) is 16.7 Å². The first kappa shape index (κ1) is 15.7. The summed E-state index contributed by atoms with van der Waals surface area (Å²) in [6.45, 7) is 1.68. The summed E-state index contributed by atoms with van der Waals surface area (Å²) in [5, 5.41) is 11.4. The summed E-state index contributed by atoms with van der Waals surface area (Å²) >= 11 is 2.83. The van der Waals surface area contributed by atoms with E-state index in [0.717, 1.165) is 17.0 Å². The predicted molar refractivity (Wildman–Crippen MR) is 75.1 cm³/mol. The smallest absolute Gasteiger partial charge is 0.329 e. The molecule has 2 rings (SSSR count). The van der Waals surface area contributed by atoms with Crippen molar-refractivity contribution in [2.45, 2.75) is 25.3 Å². The lowest BCUT2D eigenvalue weighted by Gasteiger charge is -2.31. The van der Waals surface area contributed by atoms with Gasteiger partial charge in [-0.1, -0.05) is 0 Å². The van der Waals surface area contributed by atoms with Gasteiger partial charge in [-0.2, -0.15) is 0 Å². The highest BCUT2D eigenvalue weighted by atomic mass is 79.9. The Balaban J connectivity index is 2.22. The van der Waals surface area contributed by atoms with Crippen LogP contribution in [0.4, 0.5) is 19.3 Å². The van der Waals surface area contributed by atoms with Crippen molar-refractivity contribution in [3.05, 3.63) is 28.2 Å². The van der Waals surface area contributed by atoms with E-state index in [1.165, 1.54) is 6.92 Å². The predicted octanol–water partition coefficient (Wildman–Crippen LogP) is 3.20. The number of carboxylic acids is 1. The molecule has 1 heterocycles. The van der Waals surface area contributed by atoms with E-state index in [4.69, 9.17) is 0 Å². The van der Waals surface area contributed by atoms with Crippen molar-refractivity contribution in [2.75, 3.05) is 11.9 Å². The Morgan fingerprint density at radius 2 is 2.05 bits per heavy atom. The number of hydrogen-bond acceptors (Lipinski definition) is 2. The van der Waals surface area contributed by atoms with Crippen molar-refractivity contribution in [3.8, 4) is 0 Å². The van der Waals surface area contributed by atoms with Crippen molar-refractivity contribution in [1.82, 2.24) is 4.90 Å². The third-order valence-electron chi connectivity index (χ3n) is 3.60. The zero-order valence-corrected chi connectivity index (χ0v) is 12.7. The molecule has 1 fully saturated rings.